The third kappa shape index (κ3) is 4.05. The lowest BCUT2D eigenvalue weighted by Crippen LogP contribution is -2.49. The molecule has 7 nitrogen and oxygen atoms in total. The Morgan fingerprint density at radius 2 is 2.00 bits per heavy atom. The van der Waals surface area contributed by atoms with E-state index in [0.29, 0.717) is 23.8 Å². The number of hydrogen-bond donors (Lipinski definition) is 1. The minimum atomic E-state index is -0.639. The molecule has 0 spiro atoms. The number of benzene rings is 2. The van der Waals surface area contributed by atoms with Crippen molar-refractivity contribution in [3.05, 3.63) is 71.0 Å². The van der Waals surface area contributed by atoms with Gasteiger partial charge in [-0.3, -0.25) is 9.69 Å². The summed E-state index contributed by atoms with van der Waals surface area (Å²) < 4.78 is 20.7. The summed E-state index contributed by atoms with van der Waals surface area (Å²) in [5, 5.41) is 13.0. The van der Waals surface area contributed by atoms with E-state index in [-0.39, 0.29) is 17.5 Å². The monoisotopic (exact) mass is 459 g/mol. The second-order valence-electron chi connectivity index (χ2n) is 8.81. The Bertz CT molecular complexity index is 1380. The molecule has 0 saturated carbocycles. The average molecular weight is 460 g/mol. The smallest absolute Gasteiger partial charge is 0.262 e. The summed E-state index contributed by atoms with van der Waals surface area (Å²) in [7, 11) is 0. The van der Waals surface area contributed by atoms with E-state index in [0.717, 1.165) is 41.3 Å². The van der Waals surface area contributed by atoms with E-state index >= 15 is 4.39 Å². The van der Waals surface area contributed by atoms with Gasteiger partial charge in [0, 0.05) is 30.6 Å². The van der Waals surface area contributed by atoms with E-state index < -0.39 is 11.7 Å². The largest absolute Gasteiger partial charge is 0.421 e. The molecule has 1 N–H and O–H groups in total. The molecule has 2 aromatic heterocycles. The zero-order chi connectivity index (χ0) is 23.8. The van der Waals surface area contributed by atoms with E-state index in [9.17, 15) is 4.79 Å². The zero-order valence-electron chi connectivity index (χ0n) is 19.4. The summed E-state index contributed by atoms with van der Waals surface area (Å²) in [6, 6.07) is 10.3. The van der Waals surface area contributed by atoms with Crippen molar-refractivity contribution in [2.24, 2.45) is 0 Å². The van der Waals surface area contributed by atoms with Gasteiger partial charge in [-0.1, -0.05) is 17.7 Å². The maximum absolute atomic E-state index is 15.3. The number of halogens is 1. The molecular formula is C26H26FN5O2. The van der Waals surface area contributed by atoms with Crippen molar-refractivity contribution in [3.63, 3.8) is 0 Å². The summed E-state index contributed by atoms with van der Waals surface area (Å²) in [4.78, 5) is 20.2. The maximum atomic E-state index is 15.3. The maximum Gasteiger partial charge on any atom is 0.262 e. The molecule has 0 unspecified atom stereocenters. The molecule has 34 heavy (non-hydrogen) atoms. The molecule has 1 saturated heterocycles. The number of pyridine rings is 1. The van der Waals surface area contributed by atoms with Crippen molar-refractivity contribution in [1.29, 1.82) is 0 Å². The Morgan fingerprint density at radius 1 is 1.15 bits per heavy atom. The van der Waals surface area contributed by atoms with E-state index in [2.05, 4.69) is 32.6 Å². The van der Waals surface area contributed by atoms with Gasteiger partial charge in [0.2, 0.25) is 11.8 Å². The highest BCUT2D eigenvalue weighted by atomic mass is 19.1. The number of piperidine rings is 1. The van der Waals surface area contributed by atoms with Crippen LogP contribution in [0.2, 0.25) is 0 Å². The van der Waals surface area contributed by atoms with Gasteiger partial charge in [-0.2, -0.15) is 0 Å². The topological polar surface area (TPSA) is 84.2 Å². The standard InChI is InChI=1S/C26H26FN5O2/c1-15-11-16(2)23-18(12-15)8-10-29-24(23)32(20-5-4-9-28-14-20)26(33)21-7-6-19(13-22(21)27)25-31-30-17(3)34-25/h6-8,10-13,20,28H,4-5,9,14H2,1-3H3/t20-/m1/s1. The number of rotatable bonds is 4. The van der Waals surface area contributed by atoms with Crippen molar-refractivity contribution >= 4 is 22.5 Å². The van der Waals surface area contributed by atoms with Gasteiger partial charge in [0.15, 0.2) is 0 Å². The lowest BCUT2D eigenvalue weighted by molar-refractivity contribution is 0.0968. The van der Waals surface area contributed by atoms with Gasteiger partial charge in [-0.15, -0.1) is 10.2 Å². The zero-order valence-corrected chi connectivity index (χ0v) is 19.4. The molecule has 5 rings (SSSR count). The minimum absolute atomic E-state index is 0.0193. The van der Waals surface area contributed by atoms with Crippen molar-refractivity contribution in [2.75, 3.05) is 18.0 Å². The molecule has 1 amide bonds. The van der Waals surface area contributed by atoms with Crippen LogP contribution in [0.3, 0.4) is 0 Å². The number of aryl methyl sites for hydroxylation is 3. The number of aromatic nitrogens is 3. The van der Waals surface area contributed by atoms with Crippen LogP contribution in [0.25, 0.3) is 22.2 Å². The summed E-state index contributed by atoms with van der Waals surface area (Å²) >= 11 is 0. The van der Waals surface area contributed by atoms with Crippen LogP contribution >= 0.6 is 0 Å². The summed E-state index contributed by atoms with van der Waals surface area (Å²) in [5.41, 5.74) is 2.57. The lowest BCUT2D eigenvalue weighted by Gasteiger charge is -2.35. The summed E-state index contributed by atoms with van der Waals surface area (Å²) in [5.74, 6) is 0.105. The van der Waals surface area contributed by atoms with Crippen LogP contribution < -0.4 is 10.2 Å². The molecule has 3 heterocycles. The quantitative estimate of drug-likeness (QED) is 0.474. The highest BCUT2D eigenvalue weighted by Gasteiger charge is 2.32. The highest BCUT2D eigenvalue weighted by Crippen LogP contribution is 2.33. The number of nitrogens with zero attached hydrogens (tertiary/aromatic N) is 4. The molecule has 0 aliphatic carbocycles. The molecule has 0 bridgehead atoms. The van der Waals surface area contributed by atoms with E-state index in [1.807, 2.05) is 19.9 Å². The van der Waals surface area contributed by atoms with Gasteiger partial charge in [0.25, 0.3) is 5.91 Å². The van der Waals surface area contributed by atoms with Gasteiger partial charge in [-0.25, -0.2) is 9.37 Å². The molecule has 1 aliphatic heterocycles. The third-order valence-corrected chi connectivity index (χ3v) is 6.24. The number of anilines is 1. The number of hydrogen-bond acceptors (Lipinski definition) is 6. The van der Waals surface area contributed by atoms with Gasteiger partial charge < -0.3 is 9.73 Å². The van der Waals surface area contributed by atoms with Crippen LogP contribution in [-0.2, 0) is 0 Å². The predicted octanol–water partition coefficient (Wildman–Crippen LogP) is 4.75. The lowest BCUT2D eigenvalue weighted by atomic mass is 9.99. The van der Waals surface area contributed by atoms with Crippen LogP contribution in [0, 0.1) is 26.6 Å². The Hall–Kier alpha value is -3.65. The minimum Gasteiger partial charge on any atom is -0.421 e. The number of carbonyl (C=O) groups excluding carboxylic acids is 1. The van der Waals surface area contributed by atoms with Crippen molar-refractivity contribution < 1.29 is 13.6 Å². The average Bonchev–Trinajstić information content (AvgIpc) is 3.26. The van der Waals surface area contributed by atoms with Gasteiger partial charge in [0.05, 0.1) is 11.6 Å². The van der Waals surface area contributed by atoms with Crippen LogP contribution in [0.5, 0.6) is 0 Å². The fourth-order valence-corrected chi connectivity index (χ4v) is 4.73. The summed E-state index contributed by atoms with van der Waals surface area (Å²) in [6.07, 6.45) is 3.45. The van der Waals surface area contributed by atoms with E-state index in [1.165, 1.54) is 12.1 Å². The van der Waals surface area contributed by atoms with E-state index in [1.54, 1.807) is 24.1 Å². The second-order valence-corrected chi connectivity index (χ2v) is 8.81. The fraction of sp³-hybridized carbons (Fsp3) is 0.308. The first-order valence-electron chi connectivity index (χ1n) is 11.4. The predicted molar refractivity (Wildman–Crippen MR) is 128 cm³/mol. The van der Waals surface area contributed by atoms with E-state index in [4.69, 9.17) is 4.42 Å². The Labute approximate surface area is 197 Å². The molecule has 174 valence electrons. The van der Waals surface area contributed by atoms with Crippen molar-refractivity contribution in [1.82, 2.24) is 20.5 Å². The Kier molecular flexibility index (Phi) is 5.83. The molecule has 1 atom stereocenters. The molecule has 2 aromatic carbocycles. The molecular weight excluding hydrogens is 433 g/mol. The molecule has 8 heteroatoms. The number of nitrogens with one attached hydrogen (secondary N) is 1. The highest BCUT2D eigenvalue weighted by molar-refractivity contribution is 6.11. The first kappa shape index (κ1) is 22.2. The second kappa shape index (κ2) is 8.95. The summed E-state index contributed by atoms with van der Waals surface area (Å²) in [6.45, 7) is 7.25. The SMILES string of the molecule is Cc1cc(C)c2c(N(C(=O)c3ccc(-c4nnc(C)o4)cc3F)[C@@H]3CCCNC3)nccc2c1. The normalized spacial score (nSPS) is 16.1. The molecule has 1 aliphatic rings. The fourth-order valence-electron chi connectivity index (χ4n) is 4.73. The van der Waals surface area contributed by atoms with Crippen LogP contribution in [0.4, 0.5) is 10.2 Å². The van der Waals surface area contributed by atoms with Crippen molar-refractivity contribution in [3.8, 4) is 11.5 Å². The molecule has 1 fully saturated rings. The first-order chi connectivity index (χ1) is 16.4. The number of amides is 1. The van der Waals surface area contributed by atoms with Gasteiger partial charge in [-0.05, 0) is 68.4 Å². The number of fused-ring (bicyclic) bond motifs is 1. The van der Waals surface area contributed by atoms with Crippen LogP contribution in [-0.4, -0.2) is 40.2 Å². The Balaban J connectivity index is 1.61. The van der Waals surface area contributed by atoms with Crippen LogP contribution in [0.15, 0.2) is 47.0 Å². The molecule has 0 radical (unpaired) electrons. The first-order valence-corrected chi connectivity index (χ1v) is 11.4. The van der Waals surface area contributed by atoms with Gasteiger partial charge in [0.1, 0.15) is 11.6 Å². The Morgan fingerprint density at radius 3 is 2.71 bits per heavy atom. The third-order valence-electron chi connectivity index (χ3n) is 6.24. The number of carbonyl (C=O) groups is 1. The molecule has 4 aromatic rings. The van der Waals surface area contributed by atoms with Crippen LogP contribution in [0.1, 0.15) is 40.2 Å². The van der Waals surface area contributed by atoms with Gasteiger partial charge >= 0.3 is 0 Å². The van der Waals surface area contributed by atoms with Crippen molar-refractivity contribution in [2.45, 2.75) is 39.7 Å².